The van der Waals surface area contributed by atoms with E-state index in [1.807, 2.05) is 41.8 Å². The highest BCUT2D eigenvalue weighted by atomic mass is 32.1. The lowest BCUT2D eigenvalue weighted by Crippen LogP contribution is -2.02. The Hall–Kier alpha value is -2.34. The molecule has 96 valence electrons. The number of methoxy groups -OCH3 is 1. The molecule has 0 amide bonds. The van der Waals surface area contributed by atoms with Gasteiger partial charge in [-0.3, -0.25) is 0 Å². The summed E-state index contributed by atoms with van der Waals surface area (Å²) in [6, 6.07) is 11.5. The van der Waals surface area contributed by atoms with Crippen LogP contribution in [0, 0.1) is 0 Å². The molecule has 5 nitrogen and oxygen atoms in total. The maximum absolute atomic E-state index is 6.12. The van der Waals surface area contributed by atoms with E-state index in [1.54, 1.807) is 23.1 Å². The molecule has 0 saturated carbocycles. The van der Waals surface area contributed by atoms with Crippen LogP contribution in [0.4, 0.5) is 5.82 Å². The van der Waals surface area contributed by atoms with Gasteiger partial charge in [-0.2, -0.15) is 4.68 Å². The molecule has 3 rings (SSSR count). The third-order valence-corrected chi connectivity index (χ3v) is 3.63. The van der Waals surface area contributed by atoms with Crippen LogP contribution in [0.25, 0.3) is 16.3 Å². The second kappa shape index (κ2) is 4.74. The molecule has 0 fully saturated rings. The summed E-state index contributed by atoms with van der Waals surface area (Å²) in [5.74, 6) is 1.28. The van der Waals surface area contributed by atoms with E-state index in [-0.39, 0.29) is 0 Å². The van der Waals surface area contributed by atoms with Gasteiger partial charge in [0.1, 0.15) is 11.4 Å². The average Bonchev–Trinajstić information content (AvgIpc) is 3.08. The van der Waals surface area contributed by atoms with E-state index >= 15 is 0 Å². The Morgan fingerprint density at radius 1 is 1.26 bits per heavy atom. The van der Waals surface area contributed by atoms with Crippen molar-refractivity contribution in [3.8, 4) is 22.0 Å². The zero-order chi connectivity index (χ0) is 13.2. The number of nitrogens with two attached hydrogens (primary N) is 1. The number of benzene rings is 1. The summed E-state index contributed by atoms with van der Waals surface area (Å²) in [6.07, 6.45) is 0. The van der Waals surface area contributed by atoms with Crippen molar-refractivity contribution in [2.45, 2.75) is 0 Å². The normalized spacial score (nSPS) is 10.6. The van der Waals surface area contributed by atoms with Crippen LogP contribution in [0.3, 0.4) is 0 Å². The Morgan fingerprint density at radius 3 is 2.89 bits per heavy atom. The highest BCUT2D eigenvalue weighted by Gasteiger charge is 2.13. The van der Waals surface area contributed by atoms with Crippen molar-refractivity contribution in [2.75, 3.05) is 12.8 Å². The van der Waals surface area contributed by atoms with Crippen LogP contribution in [0.1, 0.15) is 0 Å². The molecule has 0 saturated heterocycles. The van der Waals surface area contributed by atoms with Crippen LogP contribution in [0.15, 0.2) is 41.8 Å². The summed E-state index contributed by atoms with van der Waals surface area (Å²) >= 11 is 1.59. The Kier molecular flexibility index (Phi) is 2.92. The minimum Gasteiger partial charge on any atom is -0.497 e. The number of ether oxygens (including phenoxy) is 1. The number of rotatable bonds is 3. The Labute approximate surface area is 114 Å². The summed E-state index contributed by atoms with van der Waals surface area (Å²) in [6.45, 7) is 0. The van der Waals surface area contributed by atoms with Crippen molar-refractivity contribution in [2.24, 2.45) is 0 Å². The molecular weight excluding hydrogens is 260 g/mol. The summed E-state index contributed by atoms with van der Waals surface area (Å²) in [5, 5.41) is 10.2. The molecule has 0 bridgehead atoms. The summed E-state index contributed by atoms with van der Waals surface area (Å²) in [7, 11) is 1.63. The van der Waals surface area contributed by atoms with Crippen LogP contribution in [0.2, 0.25) is 0 Å². The van der Waals surface area contributed by atoms with Crippen molar-refractivity contribution in [3.05, 3.63) is 41.8 Å². The van der Waals surface area contributed by atoms with Gasteiger partial charge in [-0.1, -0.05) is 17.3 Å². The van der Waals surface area contributed by atoms with E-state index in [4.69, 9.17) is 10.5 Å². The van der Waals surface area contributed by atoms with E-state index in [0.29, 0.717) is 11.5 Å². The minimum atomic E-state index is 0.524. The quantitative estimate of drug-likeness (QED) is 0.796. The fourth-order valence-corrected chi connectivity index (χ4v) is 2.53. The molecule has 0 unspecified atom stereocenters. The standard InChI is InChI=1S/C13H12N4OS/c1-18-10-5-2-4-9(8-10)17-13(14)12(15-16-17)11-6-3-7-19-11/h2-8H,14H2,1H3. The first-order valence-electron chi connectivity index (χ1n) is 5.69. The maximum Gasteiger partial charge on any atom is 0.156 e. The predicted octanol–water partition coefficient (Wildman–Crippen LogP) is 2.59. The van der Waals surface area contributed by atoms with Gasteiger partial charge in [0.2, 0.25) is 0 Å². The van der Waals surface area contributed by atoms with Crippen LogP contribution in [-0.4, -0.2) is 22.1 Å². The lowest BCUT2D eigenvalue weighted by molar-refractivity contribution is 0.414. The molecular formula is C13H12N4OS. The molecule has 2 heterocycles. The molecule has 0 spiro atoms. The van der Waals surface area contributed by atoms with E-state index in [1.165, 1.54) is 0 Å². The first kappa shape index (κ1) is 11.7. The molecule has 0 radical (unpaired) electrons. The van der Waals surface area contributed by atoms with E-state index in [0.717, 1.165) is 16.3 Å². The molecule has 0 atom stereocenters. The lowest BCUT2D eigenvalue weighted by atomic mass is 10.3. The molecule has 0 aliphatic carbocycles. The van der Waals surface area contributed by atoms with Crippen LogP contribution >= 0.6 is 11.3 Å². The number of thiophene rings is 1. The number of hydrogen-bond acceptors (Lipinski definition) is 5. The summed E-state index contributed by atoms with van der Waals surface area (Å²) < 4.78 is 6.80. The van der Waals surface area contributed by atoms with Gasteiger partial charge in [-0.05, 0) is 23.6 Å². The van der Waals surface area contributed by atoms with Crippen molar-refractivity contribution in [1.82, 2.24) is 15.0 Å². The third kappa shape index (κ3) is 2.06. The summed E-state index contributed by atoms with van der Waals surface area (Å²) in [4.78, 5) is 1.01. The van der Waals surface area contributed by atoms with Crippen LogP contribution in [0.5, 0.6) is 5.75 Å². The fraction of sp³-hybridized carbons (Fsp3) is 0.0769. The van der Waals surface area contributed by atoms with Gasteiger partial charge < -0.3 is 10.5 Å². The van der Waals surface area contributed by atoms with Gasteiger partial charge in [0.25, 0.3) is 0 Å². The van der Waals surface area contributed by atoms with Gasteiger partial charge in [0, 0.05) is 6.07 Å². The van der Waals surface area contributed by atoms with Gasteiger partial charge >= 0.3 is 0 Å². The third-order valence-electron chi connectivity index (χ3n) is 2.76. The second-order valence-electron chi connectivity index (χ2n) is 3.91. The highest BCUT2D eigenvalue weighted by Crippen LogP contribution is 2.29. The molecule has 19 heavy (non-hydrogen) atoms. The first-order valence-corrected chi connectivity index (χ1v) is 6.57. The van der Waals surface area contributed by atoms with Gasteiger partial charge in [0.15, 0.2) is 5.82 Å². The Bertz CT molecular complexity index is 690. The Balaban J connectivity index is 2.07. The van der Waals surface area contributed by atoms with Crippen LogP contribution in [-0.2, 0) is 0 Å². The lowest BCUT2D eigenvalue weighted by Gasteiger charge is -2.05. The maximum atomic E-state index is 6.12. The zero-order valence-electron chi connectivity index (χ0n) is 10.3. The van der Waals surface area contributed by atoms with E-state index in [2.05, 4.69) is 10.3 Å². The number of aromatic nitrogens is 3. The van der Waals surface area contributed by atoms with Gasteiger partial charge in [0.05, 0.1) is 17.7 Å². The molecule has 0 aliphatic rings. The monoisotopic (exact) mass is 272 g/mol. The zero-order valence-corrected chi connectivity index (χ0v) is 11.1. The van der Waals surface area contributed by atoms with Crippen molar-refractivity contribution in [3.63, 3.8) is 0 Å². The number of nitrogen functional groups attached to an aromatic ring is 1. The van der Waals surface area contributed by atoms with E-state index in [9.17, 15) is 0 Å². The topological polar surface area (TPSA) is 66.0 Å². The van der Waals surface area contributed by atoms with Crippen LogP contribution < -0.4 is 10.5 Å². The average molecular weight is 272 g/mol. The SMILES string of the molecule is COc1cccc(-n2nnc(-c3cccs3)c2N)c1. The predicted molar refractivity (Wildman–Crippen MR) is 75.6 cm³/mol. The Morgan fingerprint density at radius 2 is 2.16 bits per heavy atom. The van der Waals surface area contributed by atoms with Gasteiger partial charge in [-0.15, -0.1) is 16.4 Å². The van der Waals surface area contributed by atoms with Gasteiger partial charge in [-0.25, -0.2) is 0 Å². The molecule has 0 aliphatic heterocycles. The smallest absolute Gasteiger partial charge is 0.156 e. The number of nitrogens with zero attached hydrogens (tertiary/aromatic N) is 3. The molecule has 2 aromatic heterocycles. The summed E-state index contributed by atoms with van der Waals surface area (Å²) in [5.41, 5.74) is 7.65. The fourth-order valence-electron chi connectivity index (χ4n) is 1.81. The highest BCUT2D eigenvalue weighted by molar-refractivity contribution is 7.13. The molecule has 6 heteroatoms. The second-order valence-corrected chi connectivity index (χ2v) is 4.86. The minimum absolute atomic E-state index is 0.524. The van der Waals surface area contributed by atoms with Crippen molar-refractivity contribution >= 4 is 17.2 Å². The first-order chi connectivity index (χ1) is 9.29. The van der Waals surface area contributed by atoms with Crippen molar-refractivity contribution < 1.29 is 4.74 Å². The number of hydrogen-bond donors (Lipinski definition) is 1. The number of anilines is 1. The molecule has 1 aromatic carbocycles. The van der Waals surface area contributed by atoms with E-state index < -0.39 is 0 Å². The molecule has 3 aromatic rings. The molecule has 2 N–H and O–H groups in total. The van der Waals surface area contributed by atoms with Crippen molar-refractivity contribution in [1.29, 1.82) is 0 Å². The largest absolute Gasteiger partial charge is 0.497 e.